The number of nitrogens with zero attached hydrogens (tertiary/aromatic N) is 4. The van der Waals surface area contributed by atoms with Gasteiger partial charge in [0, 0.05) is 43.9 Å². The zero-order chi connectivity index (χ0) is 33.0. The van der Waals surface area contributed by atoms with Crippen molar-refractivity contribution in [3.8, 4) is 11.8 Å². The number of hydrogen-bond acceptors (Lipinski definition) is 4. The second-order valence-electron chi connectivity index (χ2n) is 12.4. The van der Waals surface area contributed by atoms with Crippen LogP contribution < -0.4 is 21.4 Å². The van der Waals surface area contributed by atoms with E-state index in [0.717, 1.165) is 101 Å². The maximum atomic E-state index is 4.80. The summed E-state index contributed by atoms with van der Waals surface area (Å²) in [6, 6.07) is 12.5. The van der Waals surface area contributed by atoms with Gasteiger partial charge in [0.15, 0.2) is 0 Å². The van der Waals surface area contributed by atoms with Gasteiger partial charge in [-0.3, -0.25) is 0 Å². The predicted molar refractivity (Wildman–Crippen MR) is 202 cm³/mol. The summed E-state index contributed by atoms with van der Waals surface area (Å²) in [5.74, 6) is 6.88. The molecule has 50 heavy (non-hydrogen) atoms. The molecule has 0 amide bonds. The minimum Gasteiger partial charge on any atom is -0.355 e. The first-order chi connectivity index (χ1) is 24.6. The number of aliphatic imine (C=N–C) groups is 4. The van der Waals surface area contributed by atoms with Crippen molar-refractivity contribution in [3.63, 3.8) is 0 Å². The molecule has 0 radical (unpaired) electrons. The molecule has 4 aromatic heterocycles. The normalized spacial score (nSPS) is 17.5. The fraction of sp³-hybridized carbons (Fsp3) is 0. The quantitative estimate of drug-likeness (QED) is 0.207. The van der Waals surface area contributed by atoms with Gasteiger partial charge in [-0.2, -0.15) is 0 Å². The van der Waals surface area contributed by atoms with Gasteiger partial charge in [-0.05, 0) is 145 Å². The Kier molecular flexibility index (Phi) is 6.23. The maximum absolute atomic E-state index is 4.80. The molecule has 234 valence electrons. The molecule has 0 fully saturated rings. The number of allylic oxidation sites excluding steroid dienone is 10. The third-order valence-corrected chi connectivity index (χ3v) is 8.67. The average molecular weight is 643 g/mol. The Morgan fingerprint density at radius 3 is 1.14 bits per heavy atom. The van der Waals surface area contributed by atoms with Gasteiger partial charge in [0.25, 0.3) is 0 Å². The van der Waals surface area contributed by atoms with Crippen LogP contribution in [0.2, 0.25) is 0 Å². The Bertz CT molecular complexity index is 2710. The lowest BCUT2D eigenvalue weighted by Gasteiger charge is -1.92. The summed E-state index contributed by atoms with van der Waals surface area (Å²) in [7, 11) is 0. The number of H-pyrrole nitrogens is 4. The minimum absolute atomic E-state index is 0.793. The SMILES string of the molecule is C(#Cc1[nH]c2cc1C=c1ccc([nH]1)=CC1=NC(=CC3=NC(=C2)C=C3)C=C1)c1[nH]c2cc1C=c1ccc([nH]1)=CC1=NC(=CC3=NC(=C2)C=C3)C=C1. The number of fused-ring (bicyclic) bond motifs is 12. The second kappa shape index (κ2) is 11.2. The molecule has 10 heterocycles. The van der Waals surface area contributed by atoms with Gasteiger partial charge in [0.05, 0.1) is 57.0 Å². The number of nitrogens with one attached hydrogen (secondary N) is 4. The molecular formula is C42H26N8. The molecule has 0 atom stereocenters. The highest BCUT2D eigenvalue weighted by Gasteiger charge is 2.12. The van der Waals surface area contributed by atoms with Crippen molar-refractivity contribution in [2.24, 2.45) is 20.0 Å². The molecule has 0 unspecified atom stereocenters. The summed E-state index contributed by atoms with van der Waals surface area (Å²) in [4.78, 5) is 33.1. The number of hydrogen-bond donors (Lipinski definition) is 4. The lowest BCUT2D eigenvalue weighted by Crippen LogP contribution is -2.11. The Morgan fingerprint density at radius 2 is 0.720 bits per heavy atom. The standard InChI is InChI=1S/C42H26N8/c1-3-29-19-31-5-7-33(45-31)21-35-9-11-37(47-35)23-39-17-25(15-27(1)43-29)41(49-39)13-14-42-26-16-28-2-4-30(44-28)20-32-6-8-34(46-32)22-36-10-12-38(48-36)24-40(18-26)50-42/h1-12,15-24,43-44,49-50H. The van der Waals surface area contributed by atoms with Crippen molar-refractivity contribution >= 4 is 59.3 Å². The molecule has 6 aliphatic rings. The fourth-order valence-corrected chi connectivity index (χ4v) is 6.39. The Morgan fingerprint density at radius 1 is 0.360 bits per heavy atom. The molecule has 0 saturated carbocycles. The number of aromatic nitrogens is 4. The first-order valence-corrected chi connectivity index (χ1v) is 16.3. The topological polar surface area (TPSA) is 113 Å². The molecule has 16 bridgehead atoms. The largest absolute Gasteiger partial charge is 0.355 e. The number of rotatable bonds is 0. The molecule has 4 N–H and O–H groups in total. The van der Waals surface area contributed by atoms with Gasteiger partial charge in [0.2, 0.25) is 0 Å². The van der Waals surface area contributed by atoms with Gasteiger partial charge >= 0.3 is 0 Å². The first-order valence-electron chi connectivity index (χ1n) is 16.3. The Hall–Kier alpha value is -7.24. The van der Waals surface area contributed by atoms with Crippen molar-refractivity contribution in [1.29, 1.82) is 0 Å². The second-order valence-corrected chi connectivity index (χ2v) is 12.4. The van der Waals surface area contributed by atoms with Crippen LogP contribution in [0.15, 0.2) is 140 Å². The molecule has 10 rings (SSSR count). The van der Waals surface area contributed by atoms with E-state index in [1.54, 1.807) is 0 Å². The lowest BCUT2D eigenvalue weighted by molar-refractivity contribution is 1.27. The van der Waals surface area contributed by atoms with Crippen molar-refractivity contribution < 1.29 is 0 Å². The molecular weight excluding hydrogens is 617 g/mol. The van der Waals surface area contributed by atoms with E-state index in [9.17, 15) is 0 Å². The fourth-order valence-electron chi connectivity index (χ4n) is 6.39. The van der Waals surface area contributed by atoms with Crippen LogP contribution in [-0.4, -0.2) is 42.8 Å². The van der Waals surface area contributed by atoms with Gasteiger partial charge in [-0.25, -0.2) is 20.0 Å². The highest BCUT2D eigenvalue weighted by Crippen LogP contribution is 2.22. The Balaban J connectivity index is 1.10. The molecule has 0 saturated heterocycles. The van der Waals surface area contributed by atoms with E-state index in [1.165, 1.54) is 0 Å². The van der Waals surface area contributed by atoms with Crippen molar-refractivity contribution in [2.45, 2.75) is 0 Å². The maximum Gasteiger partial charge on any atom is 0.0976 e. The van der Waals surface area contributed by atoms with E-state index < -0.39 is 0 Å². The van der Waals surface area contributed by atoms with Crippen LogP contribution in [-0.2, 0) is 0 Å². The first kappa shape index (κ1) is 27.8. The molecule has 8 nitrogen and oxygen atoms in total. The zero-order valence-corrected chi connectivity index (χ0v) is 26.5. The van der Waals surface area contributed by atoms with Crippen molar-refractivity contribution in [3.05, 3.63) is 175 Å². The van der Waals surface area contributed by atoms with Crippen LogP contribution in [0.4, 0.5) is 0 Å². The summed E-state index contributed by atoms with van der Waals surface area (Å²) < 4.78 is 0. The van der Waals surface area contributed by atoms with Crippen LogP contribution in [0.3, 0.4) is 0 Å². The van der Waals surface area contributed by atoms with E-state index in [2.05, 4.69) is 80.3 Å². The summed E-state index contributed by atoms with van der Waals surface area (Å²) in [5, 5.41) is 3.87. The highest BCUT2D eigenvalue weighted by atomic mass is 14.8. The zero-order valence-electron chi connectivity index (χ0n) is 26.5. The highest BCUT2D eigenvalue weighted by molar-refractivity contribution is 6.20. The molecule has 0 spiro atoms. The van der Waals surface area contributed by atoms with Gasteiger partial charge in [-0.1, -0.05) is 0 Å². The molecule has 6 aliphatic heterocycles. The van der Waals surface area contributed by atoms with Crippen LogP contribution in [0.1, 0.15) is 33.9 Å². The van der Waals surface area contributed by atoms with E-state index in [-0.39, 0.29) is 0 Å². The monoisotopic (exact) mass is 642 g/mol. The van der Waals surface area contributed by atoms with Crippen LogP contribution in [0.5, 0.6) is 0 Å². The summed E-state index contributed by atoms with van der Waals surface area (Å²) in [5.41, 5.74) is 12.3. The average Bonchev–Trinajstić information content (AvgIpc) is 3.94. The molecule has 8 heteroatoms. The summed E-state index contributed by atoms with van der Waals surface area (Å²) in [6.45, 7) is 0. The van der Waals surface area contributed by atoms with Crippen molar-refractivity contribution in [1.82, 2.24) is 19.9 Å². The third-order valence-electron chi connectivity index (χ3n) is 8.67. The molecule has 0 aromatic carbocycles. The third kappa shape index (κ3) is 5.55. The van der Waals surface area contributed by atoms with Crippen LogP contribution >= 0.6 is 0 Å². The van der Waals surface area contributed by atoms with Gasteiger partial charge in [-0.15, -0.1) is 0 Å². The van der Waals surface area contributed by atoms with E-state index in [0.29, 0.717) is 0 Å². The van der Waals surface area contributed by atoms with Crippen molar-refractivity contribution in [2.75, 3.05) is 0 Å². The predicted octanol–water partition coefficient (Wildman–Crippen LogP) is 4.14. The van der Waals surface area contributed by atoms with E-state index in [4.69, 9.17) is 20.0 Å². The molecule has 4 aromatic rings. The number of aromatic amines is 4. The summed E-state index contributed by atoms with van der Waals surface area (Å²) in [6.07, 6.45) is 32.4. The van der Waals surface area contributed by atoms with Crippen LogP contribution in [0.25, 0.3) is 36.5 Å². The van der Waals surface area contributed by atoms with E-state index in [1.807, 2.05) is 85.1 Å². The smallest absolute Gasteiger partial charge is 0.0976 e. The lowest BCUT2D eigenvalue weighted by atomic mass is 10.2. The minimum atomic E-state index is 0.793. The van der Waals surface area contributed by atoms with Crippen LogP contribution in [0, 0.1) is 11.8 Å². The Labute approximate surface area is 285 Å². The van der Waals surface area contributed by atoms with E-state index >= 15 is 0 Å². The summed E-state index contributed by atoms with van der Waals surface area (Å²) >= 11 is 0. The molecule has 0 aliphatic carbocycles. The van der Waals surface area contributed by atoms with Gasteiger partial charge < -0.3 is 19.9 Å². The van der Waals surface area contributed by atoms with Gasteiger partial charge in [0.1, 0.15) is 0 Å².